The molecule has 11 heavy (non-hydrogen) atoms. The van der Waals surface area contributed by atoms with Crippen LogP contribution in [0.2, 0.25) is 0 Å². The maximum atomic E-state index is 5.43. The molecule has 64 valence electrons. The number of nitrogens with two attached hydrogens (primary N) is 1. The van der Waals surface area contributed by atoms with Gasteiger partial charge in [-0.2, -0.15) is 0 Å². The van der Waals surface area contributed by atoms with E-state index in [1.54, 1.807) is 0 Å². The highest BCUT2D eigenvalue weighted by Gasteiger charge is 2.31. The van der Waals surface area contributed by atoms with Crippen molar-refractivity contribution in [3.8, 4) is 0 Å². The minimum atomic E-state index is 0.167. The first-order valence-corrected chi connectivity index (χ1v) is 3.95. The van der Waals surface area contributed by atoms with Gasteiger partial charge in [0.1, 0.15) is 6.10 Å². The second-order valence-corrected chi connectivity index (χ2v) is 4.03. The quantitative estimate of drug-likeness (QED) is 0.618. The monoisotopic (exact) mass is 156 g/mol. The van der Waals surface area contributed by atoms with Gasteiger partial charge in [0.2, 0.25) is 0 Å². The van der Waals surface area contributed by atoms with Crippen molar-refractivity contribution in [2.24, 2.45) is 16.3 Å². The zero-order chi connectivity index (χ0) is 8.48. The van der Waals surface area contributed by atoms with E-state index in [4.69, 9.17) is 10.6 Å². The Kier molecular flexibility index (Phi) is 2.18. The first-order chi connectivity index (χ1) is 5.04. The van der Waals surface area contributed by atoms with Crippen LogP contribution in [0.1, 0.15) is 27.2 Å². The Balaban J connectivity index is 2.48. The predicted molar refractivity (Wildman–Crippen MR) is 45.4 cm³/mol. The molecule has 1 aliphatic heterocycles. The average Bonchev–Trinajstić information content (AvgIpc) is 2.32. The maximum Gasteiger partial charge on any atom is 0.137 e. The number of rotatable bonds is 1. The third-order valence-electron chi connectivity index (χ3n) is 1.93. The normalized spacial score (nSPS) is 24.7. The van der Waals surface area contributed by atoms with E-state index in [-0.39, 0.29) is 11.5 Å². The summed E-state index contributed by atoms with van der Waals surface area (Å²) in [4.78, 5) is 5.23. The van der Waals surface area contributed by atoms with Crippen molar-refractivity contribution < 1.29 is 4.84 Å². The topological polar surface area (TPSA) is 47.6 Å². The van der Waals surface area contributed by atoms with Gasteiger partial charge in [0.25, 0.3) is 0 Å². The molecular weight excluding hydrogens is 140 g/mol. The van der Waals surface area contributed by atoms with Gasteiger partial charge < -0.3 is 10.6 Å². The lowest BCUT2D eigenvalue weighted by molar-refractivity contribution is 0.00831. The Labute approximate surface area is 67.6 Å². The Hall–Kier alpha value is -0.570. The van der Waals surface area contributed by atoms with Crippen LogP contribution in [0, 0.1) is 5.41 Å². The van der Waals surface area contributed by atoms with Crippen molar-refractivity contribution in [2.75, 3.05) is 6.54 Å². The average molecular weight is 156 g/mol. The van der Waals surface area contributed by atoms with Crippen molar-refractivity contribution in [3.63, 3.8) is 0 Å². The molecule has 1 atom stereocenters. The Morgan fingerprint density at radius 2 is 2.27 bits per heavy atom. The molecule has 1 aliphatic rings. The second-order valence-electron chi connectivity index (χ2n) is 4.03. The van der Waals surface area contributed by atoms with Gasteiger partial charge in [-0.15, -0.1) is 0 Å². The highest BCUT2D eigenvalue weighted by atomic mass is 16.6. The largest absolute Gasteiger partial charge is 0.392 e. The number of nitrogens with zero attached hydrogens (tertiary/aromatic N) is 1. The lowest BCUT2D eigenvalue weighted by Crippen LogP contribution is -2.27. The summed E-state index contributed by atoms with van der Waals surface area (Å²) in [6.07, 6.45) is 1.10. The van der Waals surface area contributed by atoms with Gasteiger partial charge in [-0.3, -0.25) is 0 Å². The molecule has 1 unspecified atom stereocenters. The van der Waals surface area contributed by atoms with E-state index < -0.39 is 0 Å². The fourth-order valence-corrected chi connectivity index (χ4v) is 1.01. The van der Waals surface area contributed by atoms with E-state index in [2.05, 4.69) is 25.9 Å². The molecule has 0 fully saturated rings. The number of hydrogen-bond acceptors (Lipinski definition) is 3. The predicted octanol–water partition coefficient (Wildman–Crippen LogP) is 1.14. The minimum Gasteiger partial charge on any atom is -0.392 e. The van der Waals surface area contributed by atoms with E-state index in [1.807, 2.05) is 0 Å². The second kappa shape index (κ2) is 2.81. The standard InChI is InChI=1S/C8H16N2O/c1-8(2,3)7-4-6(5-9)10-11-7/h7H,4-5,9H2,1-3H3. The molecule has 3 heteroatoms. The van der Waals surface area contributed by atoms with Gasteiger partial charge in [0.15, 0.2) is 0 Å². The van der Waals surface area contributed by atoms with Gasteiger partial charge in [-0.05, 0) is 0 Å². The molecule has 1 rings (SSSR count). The molecule has 0 aromatic carbocycles. The minimum absolute atomic E-state index is 0.167. The van der Waals surface area contributed by atoms with E-state index in [0.717, 1.165) is 12.1 Å². The summed E-state index contributed by atoms with van der Waals surface area (Å²) in [5.41, 5.74) is 6.57. The molecule has 0 aromatic heterocycles. The summed E-state index contributed by atoms with van der Waals surface area (Å²) >= 11 is 0. The molecule has 2 N–H and O–H groups in total. The van der Waals surface area contributed by atoms with Crippen LogP contribution >= 0.6 is 0 Å². The zero-order valence-corrected chi connectivity index (χ0v) is 7.42. The molecule has 0 bridgehead atoms. The van der Waals surface area contributed by atoms with Crippen LogP contribution < -0.4 is 5.73 Å². The number of oxime groups is 1. The first kappa shape index (κ1) is 8.53. The van der Waals surface area contributed by atoms with Gasteiger partial charge >= 0.3 is 0 Å². The molecule has 0 radical (unpaired) electrons. The SMILES string of the molecule is CC(C)(C)C1CC(CN)=NO1. The van der Waals surface area contributed by atoms with Crippen LogP contribution in [0.5, 0.6) is 0 Å². The molecule has 1 heterocycles. The summed E-state index contributed by atoms with van der Waals surface area (Å²) in [7, 11) is 0. The van der Waals surface area contributed by atoms with Crippen LogP contribution in [0.4, 0.5) is 0 Å². The van der Waals surface area contributed by atoms with Crippen molar-refractivity contribution >= 4 is 5.71 Å². The fraction of sp³-hybridized carbons (Fsp3) is 0.875. The molecular formula is C8H16N2O. The first-order valence-electron chi connectivity index (χ1n) is 3.95. The van der Waals surface area contributed by atoms with Gasteiger partial charge in [-0.25, -0.2) is 0 Å². The van der Waals surface area contributed by atoms with Crippen molar-refractivity contribution in [1.82, 2.24) is 0 Å². The van der Waals surface area contributed by atoms with Crippen LogP contribution in [0.15, 0.2) is 5.16 Å². The van der Waals surface area contributed by atoms with Gasteiger partial charge in [0.05, 0.1) is 5.71 Å². The molecule has 0 saturated carbocycles. The van der Waals surface area contributed by atoms with Gasteiger partial charge in [0, 0.05) is 18.4 Å². The molecule has 0 aromatic rings. The molecule has 0 amide bonds. The lowest BCUT2D eigenvalue weighted by atomic mass is 9.86. The third kappa shape index (κ3) is 1.93. The highest BCUT2D eigenvalue weighted by Crippen LogP contribution is 2.28. The highest BCUT2D eigenvalue weighted by molar-refractivity contribution is 5.87. The van der Waals surface area contributed by atoms with E-state index in [0.29, 0.717) is 6.54 Å². The van der Waals surface area contributed by atoms with Crippen LogP contribution in [0.3, 0.4) is 0 Å². The van der Waals surface area contributed by atoms with Crippen LogP contribution in [-0.4, -0.2) is 18.4 Å². The Morgan fingerprint density at radius 3 is 2.55 bits per heavy atom. The summed E-state index contributed by atoms with van der Waals surface area (Å²) in [6, 6.07) is 0. The van der Waals surface area contributed by atoms with Crippen molar-refractivity contribution in [1.29, 1.82) is 0 Å². The molecule has 0 spiro atoms. The van der Waals surface area contributed by atoms with E-state index in [1.165, 1.54) is 0 Å². The smallest absolute Gasteiger partial charge is 0.137 e. The van der Waals surface area contributed by atoms with Crippen LogP contribution in [0.25, 0.3) is 0 Å². The molecule has 0 saturated heterocycles. The summed E-state index contributed by atoms with van der Waals surface area (Å²) in [5, 5.41) is 3.89. The molecule has 0 aliphatic carbocycles. The fourth-order valence-electron chi connectivity index (χ4n) is 1.01. The van der Waals surface area contributed by atoms with E-state index in [9.17, 15) is 0 Å². The zero-order valence-electron chi connectivity index (χ0n) is 7.42. The maximum absolute atomic E-state index is 5.43. The summed E-state index contributed by atoms with van der Waals surface area (Å²) < 4.78 is 0. The van der Waals surface area contributed by atoms with Crippen molar-refractivity contribution in [3.05, 3.63) is 0 Å². The van der Waals surface area contributed by atoms with Crippen molar-refractivity contribution in [2.45, 2.75) is 33.3 Å². The Morgan fingerprint density at radius 1 is 1.64 bits per heavy atom. The Bertz CT molecular complexity index is 169. The third-order valence-corrected chi connectivity index (χ3v) is 1.93. The summed E-state index contributed by atoms with van der Waals surface area (Å²) in [5.74, 6) is 0. The number of hydrogen-bond donors (Lipinski definition) is 1. The van der Waals surface area contributed by atoms with Crippen LogP contribution in [-0.2, 0) is 4.84 Å². The molecule has 3 nitrogen and oxygen atoms in total. The summed E-state index contributed by atoms with van der Waals surface area (Å²) in [6.45, 7) is 6.96. The van der Waals surface area contributed by atoms with Gasteiger partial charge in [-0.1, -0.05) is 25.9 Å². The lowest BCUT2D eigenvalue weighted by Gasteiger charge is -2.23. The van der Waals surface area contributed by atoms with E-state index >= 15 is 0 Å².